The molecule has 3 saturated carbocycles. The van der Waals surface area contributed by atoms with Gasteiger partial charge in [0.15, 0.2) is 11.6 Å². The Morgan fingerprint density at radius 2 is 1.59 bits per heavy atom. The lowest BCUT2D eigenvalue weighted by Gasteiger charge is -2.57. The summed E-state index contributed by atoms with van der Waals surface area (Å²) in [4.78, 5) is 55.9. The van der Waals surface area contributed by atoms with E-state index in [2.05, 4.69) is 41.2 Å². The molecule has 6 aliphatic rings. The van der Waals surface area contributed by atoms with Crippen LogP contribution in [0.5, 0.6) is 5.75 Å². The third kappa shape index (κ3) is 3.94. The first-order chi connectivity index (χ1) is 21.5. The number of rotatable bonds is 3. The molecular weight excluding hydrogens is 576 g/mol. The maximum absolute atomic E-state index is 14.4. The van der Waals surface area contributed by atoms with Crippen molar-refractivity contribution in [3.05, 3.63) is 52.1 Å². The summed E-state index contributed by atoms with van der Waals surface area (Å²) in [6.07, 6.45) is 8.06. The van der Waals surface area contributed by atoms with Crippen LogP contribution in [-0.2, 0) is 25.2 Å². The first kappa shape index (κ1) is 31.6. The van der Waals surface area contributed by atoms with E-state index in [4.69, 9.17) is 4.74 Å². The molecule has 0 amide bonds. The van der Waals surface area contributed by atoms with Gasteiger partial charge in [0.25, 0.3) is 0 Å². The Hall–Kier alpha value is -3.02. The van der Waals surface area contributed by atoms with Crippen LogP contribution in [0.15, 0.2) is 35.4 Å². The number of ether oxygens (including phenoxy) is 1. The van der Waals surface area contributed by atoms with Gasteiger partial charge in [-0.15, -0.1) is 0 Å². The van der Waals surface area contributed by atoms with Crippen molar-refractivity contribution in [2.45, 2.75) is 129 Å². The van der Waals surface area contributed by atoms with Crippen LogP contribution in [0.4, 0.5) is 0 Å². The molecule has 1 spiro atoms. The van der Waals surface area contributed by atoms with Gasteiger partial charge in [-0.1, -0.05) is 65.7 Å². The Bertz CT molecular complexity index is 1640. The number of aliphatic carboxylic acids is 1. The van der Waals surface area contributed by atoms with Gasteiger partial charge >= 0.3 is 11.9 Å². The topological polar surface area (TPSA) is 97.7 Å². The summed E-state index contributed by atoms with van der Waals surface area (Å²) >= 11 is 0. The quantitative estimate of drug-likeness (QED) is 0.205. The lowest BCUT2D eigenvalue weighted by atomic mass is 9.45. The van der Waals surface area contributed by atoms with Gasteiger partial charge in [-0.2, -0.15) is 0 Å². The monoisotopic (exact) mass is 626 g/mol. The fourth-order valence-corrected chi connectivity index (χ4v) is 12.1. The van der Waals surface area contributed by atoms with Crippen molar-refractivity contribution in [2.75, 3.05) is 0 Å². The Labute approximate surface area is 273 Å². The van der Waals surface area contributed by atoms with Crippen molar-refractivity contribution in [1.82, 2.24) is 0 Å². The molecular formula is C40H50O6. The number of Topliss-reactive ketones (excluding diaryl/α,β-unsaturated/α-hetero) is 2. The predicted molar refractivity (Wildman–Crippen MR) is 176 cm³/mol. The molecule has 1 aromatic rings. The van der Waals surface area contributed by atoms with Gasteiger partial charge in [0.05, 0.1) is 5.41 Å². The van der Waals surface area contributed by atoms with Gasteiger partial charge in [-0.05, 0) is 115 Å². The zero-order valence-electron chi connectivity index (χ0n) is 28.6. The van der Waals surface area contributed by atoms with E-state index in [9.17, 15) is 24.3 Å². The minimum atomic E-state index is -1.29. The standard InChI is InChI=1S/C40H50O6/c1-22-10-13-30-36(3,4)16-9-18-39(30,34(43)44)25(22)20-26-23(2)27(41)14-19-40(26)33-29(46-35(40)45)12-11-24-32(33)28(42)21-31-37(5,6)15-8-17-38(24,31)7/h11-12,25,30-31H,1,8-10,13-21H2,2-7H3,(H,43,44)/t25-,30+,31-,38+,39-,40-/m0/s1. The summed E-state index contributed by atoms with van der Waals surface area (Å²) in [6, 6.07) is 3.90. The summed E-state index contributed by atoms with van der Waals surface area (Å²) in [5.41, 5.74) is 1.64. The molecule has 5 aliphatic carbocycles. The molecule has 6 nitrogen and oxygen atoms in total. The highest BCUT2D eigenvalue weighted by molar-refractivity contribution is 6.09. The van der Waals surface area contributed by atoms with Crippen molar-refractivity contribution in [3.63, 3.8) is 0 Å². The highest BCUT2D eigenvalue weighted by Crippen LogP contribution is 2.65. The number of esters is 1. The Morgan fingerprint density at radius 1 is 0.913 bits per heavy atom. The number of carboxylic acid groups (broad SMARTS) is 1. The van der Waals surface area contributed by atoms with E-state index in [-0.39, 0.29) is 58.9 Å². The van der Waals surface area contributed by atoms with Crippen LogP contribution < -0.4 is 4.74 Å². The summed E-state index contributed by atoms with van der Waals surface area (Å²) in [5, 5.41) is 11.1. The normalized spacial score (nSPS) is 37.7. The molecule has 1 N–H and O–H groups in total. The van der Waals surface area contributed by atoms with Crippen molar-refractivity contribution < 1.29 is 29.0 Å². The molecule has 0 bridgehead atoms. The number of allylic oxidation sites excluding steroid dienone is 2. The molecule has 6 atom stereocenters. The lowest BCUT2D eigenvalue weighted by Crippen LogP contribution is -2.56. The Morgan fingerprint density at radius 3 is 2.28 bits per heavy atom. The highest BCUT2D eigenvalue weighted by atomic mass is 16.5. The predicted octanol–water partition coefficient (Wildman–Crippen LogP) is 8.45. The van der Waals surface area contributed by atoms with Crippen molar-refractivity contribution in [1.29, 1.82) is 0 Å². The first-order valence-corrected chi connectivity index (χ1v) is 17.6. The number of benzene rings is 1. The maximum atomic E-state index is 14.4. The van der Waals surface area contributed by atoms with E-state index in [0.717, 1.165) is 56.1 Å². The zero-order chi connectivity index (χ0) is 33.2. The first-order valence-electron chi connectivity index (χ1n) is 17.6. The number of hydrogen-bond acceptors (Lipinski definition) is 5. The summed E-state index contributed by atoms with van der Waals surface area (Å²) < 4.78 is 6.09. The van der Waals surface area contributed by atoms with Crippen molar-refractivity contribution in [3.8, 4) is 5.75 Å². The lowest BCUT2D eigenvalue weighted by molar-refractivity contribution is -0.170. The number of hydrogen-bond donors (Lipinski definition) is 1. The molecule has 7 rings (SSSR count). The second-order valence-corrected chi connectivity index (χ2v) is 17.3. The van der Waals surface area contributed by atoms with Gasteiger partial charge in [-0.25, -0.2) is 0 Å². The number of carboxylic acids is 1. The van der Waals surface area contributed by atoms with Gasteiger partial charge in [-0.3, -0.25) is 19.2 Å². The van der Waals surface area contributed by atoms with E-state index in [1.54, 1.807) is 6.92 Å². The van der Waals surface area contributed by atoms with Gasteiger partial charge < -0.3 is 9.84 Å². The van der Waals surface area contributed by atoms with E-state index in [1.165, 1.54) is 0 Å². The molecule has 246 valence electrons. The molecule has 1 aromatic carbocycles. The Balaban J connectivity index is 1.43. The average Bonchev–Trinajstić information content (AvgIpc) is 3.26. The molecule has 0 saturated heterocycles. The molecule has 0 radical (unpaired) electrons. The third-order valence-electron chi connectivity index (χ3n) is 14.4. The van der Waals surface area contributed by atoms with Crippen LogP contribution in [0.1, 0.15) is 140 Å². The molecule has 3 fully saturated rings. The van der Waals surface area contributed by atoms with Crippen LogP contribution in [0, 0.1) is 34.0 Å². The van der Waals surface area contributed by atoms with Crippen LogP contribution in [0.2, 0.25) is 0 Å². The molecule has 46 heavy (non-hydrogen) atoms. The second-order valence-electron chi connectivity index (χ2n) is 17.3. The Kier molecular flexibility index (Phi) is 6.86. The number of carbonyl (C=O) groups is 4. The summed E-state index contributed by atoms with van der Waals surface area (Å²) in [7, 11) is 0. The minimum absolute atomic E-state index is 0.0130. The molecule has 1 heterocycles. The fraction of sp³-hybridized carbons (Fsp3) is 0.650. The van der Waals surface area contributed by atoms with Gasteiger partial charge in [0.1, 0.15) is 11.2 Å². The van der Waals surface area contributed by atoms with E-state index in [1.807, 2.05) is 12.1 Å². The minimum Gasteiger partial charge on any atom is -0.481 e. The number of ketones is 2. The molecule has 0 aromatic heterocycles. The summed E-state index contributed by atoms with van der Waals surface area (Å²) in [6.45, 7) is 17.5. The van der Waals surface area contributed by atoms with E-state index >= 15 is 0 Å². The average molecular weight is 627 g/mol. The number of fused-ring (bicyclic) bond motifs is 7. The van der Waals surface area contributed by atoms with Crippen molar-refractivity contribution >= 4 is 23.5 Å². The molecule has 6 heteroatoms. The van der Waals surface area contributed by atoms with Crippen LogP contribution >= 0.6 is 0 Å². The van der Waals surface area contributed by atoms with Crippen LogP contribution in [0.3, 0.4) is 0 Å². The van der Waals surface area contributed by atoms with E-state index < -0.39 is 28.7 Å². The fourth-order valence-electron chi connectivity index (χ4n) is 12.1. The molecule has 0 unspecified atom stereocenters. The van der Waals surface area contributed by atoms with Gasteiger partial charge in [0, 0.05) is 24.0 Å². The van der Waals surface area contributed by atoms with Crippen LogP contribution in [-0.4, -0.2) is 28.6 Å². The largest absolute Gasteiger partial charge is 0.481 e. The second kappa shape index (κ2) is 10.00. The smallest absolute Gasteiger partial charge is 0.326 e. The highest BCUT2D eigenvalue weighted by Gasteiger charge is 2.64. The summed E-state index contributed by atoms with van der Waals surface area (Å²) in [5.74, 6) is -1.07. The third-order valence-corrected chi connectivity index (χ3v) is 14.4. The number of carbonyl (C=O) groups excluding carboxylic acids is 3. The maximum Gasteiger partial charge on any atom is 0.326 e. The zero-order valence-corrected chi connectivity index (χ0v) is 28.6. The van der Waals surface area contributed by atoms with Gasteiger partial charge in [0.2, 0.25) is 0 Å². The SMILES string of the molecule is C=C1CC[C@@H]2C(C)(C)CCC[C@]2(C(=O)O)[C@H]1CC1=C(C)C(=O)CC[C@]12C(=O)Oc1ccc3c(c12)C(=O)C[C@H]1C(C)(C)CCC[C@]31C. The van der Waals surface area contributed by atoms with Crippen LogP contribution in [0.25, 0.3) is 0 Å². The molecule has 1 aliphatic heterocycles. The van der Waals surface area contributed by atoms with E-state index in [0.29, 0.717) is 40.9 Å². The van der Waals surface area contributed by atoms with Crippen molar-refractivity contribution in [2.24, 2.45) is 34.0 Å².